The van der Waals surface area contributed by atoms with Crippen molar-refractivity contribution in [1.82, 2.24) is 19.5 Å². The van der Waals surface area contributed by atoms with Crippen LogP contribution in [0.15, 0.2) is 28.3 Å². The van der Waals surface area contributed by atoms with Crippen LogP contribution in [0.25, 0.3) is 0 Å². The first-order valence-corrected chi connectivity index (χ1v) is 14.2. The van der Waals surface area contributed by atoms with Crippen LogP contribution in [0.5, 0.6) is 0 Å². The third-order valence-electron chi connectivity index (χ3n) is 6.75. The Labute approximate surface area is 200 Å². The zero-order valence-electron chi connectivity index (χ0n) is 19.0. The van der Waals surface area contributed by atoms with Crippen molar-refractivity contribution in [3.05, 3.63) is 18.3 Å². The van der Waals surface area contributed by atoms with E-state index in [1.807, 2.05) is 0 Å². The van der Waals surface area contributed by atoms with Gasteiger partial charge in [0.2, 0.25) is 15.9 Å². The van der Waals surface area contributed by atoms with Gasteiger partial charge in [-0.1, -0.05) is 31.0 Å². The molecule has 33 heavy (non-hydrogen) atoms. The Morgan fingerprint density at radius 1 is 1.03 bits per heavy atom. The van der Waals surface area contributed by atoms with Crippen molar-refractivity contribution in [3.8, 4) is 0 Å². The largest absolute Gasteiger partial charge is 0.379 e. The van der Waals surface area contributed by atoms with E-state index in [1.54, 1.807) is 12.1 Å². The van der Waals surface area contributed by atoms with Gasteiger partial charge in [0.05, 0.1) is 37.2 Å². The van der Waals surface area contributed by atoms with E-state index in [2.05, 4.69) is 15.2 Å². The van der Waals surface area contributed by atoms with Gasteiger partial charge in [-0.2, -0.15) is 4.31 Å². The first-order valence-electron chi connectivity index (χ1n) is 11.8. The normalized spacial score (nSPS) is 22.7. The van der Waals surface area contributed by atoms with Gasteiger partial charge in [0.25, 0.3) is 0 Å². The molecule has 0 bridgehead atoms. The van der Waals surface area contributed by atoms with Crippen molar-refractivity contribution >= 4 is 27.7 Å². The van der Waals surface area contributed by atoms with Crippen LogP contribution in [0.4, 0.5) is 0 Å². The van der Waals surface area contributed by atoms with Crippen LogP contribution in [-0.2, 0) is 24.3 Å². The summed E-state index contributed by atoms with van der Waals surface area (Å²) in [5.74, 6) is 0.229. The second-order valence-corrected chi connectivity index (χ2v) is 11.7. The van der Waals surface area contributed by atoms with Crippen LogP contribution in [0.2, 0.25) is 0 Å². The molecule has 2 saturated heterocycles. The molecule has 3 fully saturated rings. The smallest absolute Gasteiger partial charge is 0.244 e. The molecule has 3 aliphatic rings. The summed E-state index contributed by atoms with van der Waals surface area (Å²) in [5.41, 5.74) is 0.0378. The minimum absolute atomic E-state index is 0.0231. The molecule has 1 saturated carbocycles. The Bertz CT molecular complexity index is 879. The van der Waals surface area contributed by atoms with Crippen LogP contribution >= 0.6 is 11.8 Å². The van der Waals surface area contributed by atoms with E-state index in [0.29, 0.717) is 37.9 Å². The minimum Gasteiger partial charge on any atom is -0.379 e. The van der Waals surface area contributed by atoms with Gasteiger partial charge >= 0.3 is 0 Å². The Kier molecular flexibility index (Phi) is 8.64. The average Bonchev–Trinajstić information content (AvgIpc) is 2.88. The molecule has 0 atom stereocenters. The maximum absolute atomic E-state index is 12.7. The number of nitrogens with one attached hydrogen (secondary N) is 1. The molecule has 1 N–H and O–H groups in total. The highest BCUT2D eigenvalue weighted by molar-refractivity contribution is 7.99. The van der Waals surface area contributed by atoms with Crippen LogP contribution in [-0.4, -0.2) is 99.0 Å². The second-order valence-electron chi connectivity index (χ2n) is 8.80. The summed E-state index contributed by atoms with van der Waals surface area (Å²) in [7, 11) is -3.56. The number of hydrogen-bond donors (Lipinski definition) is 1. The number of morpholine rings is 2. The lowest BCUT2D eigenvalue weighted by Crippen LogP contribution is -2.59. The van der Waals surface area contributed by atoms with E-state index in [1.165, 1.54) is 41.5 Å². The molecule has 3 heterocycles. The highest BCUT2D eigenvalue weighted by Gasteiger charge is 2.38. The fourth-order valence-corrected chi connectivity index (χ4v) is 6.87. The zero-order chi connectivity index (χ0) is 23.2. The van der Waals surface area contributed by atoms with Crippen molar-refractivity contribution in [2.75, 3.05) is 64.9 Å². The Morgan fingerprint density at radius 3 is 2.33 bits per heavy atom. The van der Waals surface area contributed by atoms with E-state index in [0.717, 1.165) is 39.1 Å². The summed E-state index contributed by atoms with van der Waals surface area (Å²) in [4.78, 5) is 19.6. The second kappa shape index (κ2) is 11.5. The highest BCUT2D eigenvalue weighted by atomic mass is 32.2. The van der Waals surface area contributed by atoms with E-state index >= 15 is 0 Å². The molecule has 1 aromatic rings. The number of nitrogens with zero attached hydrogens (tertiary/aromatic N) is 3. The number of carbonyl (C=O) groups excluding carboxylic acids is 1. The standard InChI is InChI=1S/C22H34N4O5S2/c27-20(24-18-22(6-2-1-3-7-22)25-8-12-30-13-9-25)17-32-21-5-4-19(16-23-21)33(28,29)26-10-14-31-15-11-26/h4-5,16H,1-3,6-15,17-18H2,(H,24,27). The van der Waals surface area contributed by atoms with Gasteiger partial charge in [-0.3, -0.25) is 9.69 Å². The molecule has 0 aromatic carbocycles. The molecular weight excluding hydrogens is 464 g/mol. The number of hydrogen-bond acceptors (Lipinski definition) is 8. The molecule has 1 aliphatic carbocycles. The van der Waals surface area contributed by atoms with Gasteiger partial charge in [0.1, 0.15) is 4.90 Å². The fraction of sp³-hybridized carbons (Fsp3) is 0.727. The van der Waals surface area contributed by atoms with E-state index < -0.39 is 10.0 Å². The van der Waals surface area contributed by atoms with Crippen LogP contribution in [0, 0.1) is 0 Å². The van der Waals surface area contributed by atoms with Crippen molar-refractivity contribution < 1.29 is 22.7 Å². The summed E-state index contributed by atoms with van der Waals surface area (Å²) in [6.07, 6.45) is 7.26. The maximum atomic E-state index is 12.7. The van der Waals surface area contributed by atoms with Gasteiger partial charge in [0.15, 0.2) is 0 Å². The lowest BCUT2D eigenvalue weighted by Gasteiger charge is -2.48. The summed E-state index contributed by atoms with van der Waals surface area (Å²) < 4.78 is 37.6. The molecule has 11 heteroatoms. The predicted molar refractivity (Wildman–Crippen MR) is 126 cm³/mol. The minimum atomic E-state index is -3.56. The van der Waals surface area contributed by atoms with E-state index in [-0.39, 0.29) is 22.1 Å². The van der Waals surface area contributed by atoms with Crippen molar-refractivity contribution in [3.63, 3.8) is 0 Å². The third-order valence-corrected chi connectivity index (χ3v) is 9.57. The SMILES string of the molecule is O=C(CSc1ccc(S(=O)(=O)N2CCOCC2)cn1)NCC1(N2CCOCC2)CCCCC1. The lowest BCUT2D eigenvalue weighted by molar-refractivity contribution is -0.119. The topological polar surface area (TPSA) is 101 Å². The number of pyridine rings is 1. The first kappa shape index (κ1) is 24.9. The summed E-state index contributed by atoms with van der Waals surface area (Å²) in [6.45, 7) is 5.54. The maximum Gasteiger partial charge on any atom is 0.244 e. The molecule has 2 aliphatic heterocycles. The summed E-state index contributed by atoms with van der Waals surface area (Å²) >= 11 is 1.32. The zero-order valence-corrected chi connectivity index (χ0v) is 20.7. The number of aromatic nitrogens is 1. The summed E-state index contributed by atoms with van der Waals surface area (Å²) in [6, 6.07) is 3.23. The predicted octanol–water partition coefficient (Wildman–Crippen LogP) is 1.35. The molecular formula is C22H34N4O5S2. The number of thioether (sulfide) groups is 1. The van der Waals surface area contributed by atoms with Crippen molar-refractivity contribution in [1.29, 1.82) is 0 Å². The molecule has 0 unspecified atom stereocenters. The molecule has 4 rings (SSSR count). The number of carbonyl (C=O) groups is 1. The van der Waals surface area contributed by atoms with E-state index in [9.17, 15) is 13.2 Å². The van der Waals surface area contributed by atoms with Crippen LogP contribution < -0.4 is 5.32 Å². The number of ether oxygens (including phenoxy) is 2. The van der Waals surface area contributed by atoms with Gasteiger partial charge in [-0.25, -0.2) is 13.4 Å². The Balaban J connectivity index is 1.28. The van der Waals surface area contributed by atoms with Crippen molar-refractivity contribution in [2.24, 2.45) is 0 Å². The number of amides is 1. The fourth-order valence-electron chi connectivity index (χ4n) is 4.85. The highest BCUT2D eigenvalue weighted by Crippen LogP contribution is 2.34. The average molecular weight is 499 g/mol. The van der Waals surface area contributed by atoms with Gasteiger partial charge in [-0.15, -0.1) is 0 Å². The van der Waals surface area contributed by atoms with Gasteiger partial charge in [0, 0.05) is 44.5 Å². The van der Waals surface area contributed by atoms with E-state index in [4.69, 9.17) is 9.47 Å². The number of sulfonamides is 1. The summed E-state index contributed by atoms with van der Waals surface area (Å²) in [5, 5.41) is 3.79. The van der Waals surface area contributed by atoms with Crippen LogP contribution in [0.3, 0.4) is 0 Å². The molecule has 0 spiro atoms. The first-order chi connectivity index (χ1) is 16.0. The van der Waals surface area contributed by atoms with Crippen LogP contribution in [0.1, 0.15) is 32.1 Å². The quantitative estimate of drug-likeness (QED) is 0.536. The molecule has 1 amide bonds. The molecule has 9 nitrogen and oxygen atoms in total. The van der Waals surface area contributed by atoms with Gasteiger partial charge in [-0.05, 0) is 25.0 Å². The molecule has 0 radical (unpaired) electrons. The Morgan fingerprint density at radius 2 is 1.70 bits per heavy atom. The lowest BCUT2D eigenvalue weighted by atomic mass is 9.79. The Hall–Kier alpha value is -1.24. The number of rotatable bonds is 8. The monoisotopic (exact) mass is 498 g/mol. The van der Waals surface area contributed by atoms with Gasteiger partial charge < -0.3 is 14.8 Å². The van der Waals surface area contributed by atoms with Crippen molar-refractivity contribution in [2.45, 2.75) is 47.6 Å². The molecule has 1 aromatic heterocycles. The molecule has 184 valence electrons. The third kappa shape index (κ3) is 6.26.